The van der Waals surface area contributed by atoms with Crippen LogP contribution < -0.4 is 10.1 Å². The highest BCUT2D eigenvalue weighted by Crippen LogP contribution is 2.22. The lowest BCUT2D eigenvalue weighted by Crippen LogP contribution is -2.21. The summed E-state index contributed by atoms with van der Waals surface area (Å²) in [6, 6.07) is 5.96. The van der Waals surface area contributed by atoms with E-state index in [1.165, 1.54) is 25.3 Å². The number of hydrogen-bond acceptors (Lipinski definition) is 3. The van der Waals surface area contributed by atoms with E-state index in [1.54, 1.807) is 0 Å². The van der Waals surface area contributed by atoms with Crippen molar-refractivity contribution in [1.82, 2.24) is 0 Å². The molecule has 18 heavy (non-hydrogen) atoms. The van der Waals surface area contributed by atoms with Gasteiger partial charge in [0.2, 0.25) is 5.91 Å². The number of nitriles is 1. The fourth-order valence-electron chi connectivity index (χ4n) is 1.51. The third-order valence-corrected chi connectivity index (χ3v) is 2.47. The van der Waals surface area contributed by atoms with Crippen LogP contribution in [0, 0.1) is 23.1 Å². The molecule has 0 aliphatic heterocycles. The number of hydrogen-bond donors (Lipinski definition) is 1. The Balaban J connectivity index is 2.78. The van der Waals surface area contributed by atoms with Crippen molar-refractivity contribution in [3.8, 4) is 11.8 Å². The summed E-state index contributed by atoms with van der Waals surface area (Å²) >= 11 is 0. The van der Waals surface area contributed by atoms with E-state index in [2.05, 4.69) is 5.32 Å². The molecule has 0 heterocycles. The van der Waals surface area contributed by atoms with Gasteiger partial charge >= 0.3 is 0 Å². The molecule has 4 nitrogen and oxygen atoms in total. The molecule has 1 rings (SSSR count). The average Bonchev–Trinajstić information content (AvgIpc) is 2.38. The van der Waals surface area contributed by atoms with Gasteiger partial charge in [-0.2, -0.15) is 5.26 Å². The minimum atomic E-state index is -0.689. The van der Waals surface area contributed by atoms with Crippen LogP contribution in [-0.4, -0.2) is 13.0 Å². The van der Waals surface area contributed by atoms with E-state index in [0.717, 1.165) is 6.42 Å². The van der Waals surface area contributed by atoms with Gasteiger partial charge in [0.05, 0.1) is 13.2 Å². The molecule has 1 aromatic carbocycles. The zero-order valence-corrected chi connectivity index (χ0v) is 10.4. The summed E-state index contributed by atoms with van der Waals surface area (Å²) in [5.41, 5.74) is 0.412. The molecule has 1 N–H and O–H groups in total. The first-order valence-corrected chi connectivity index (χ1v) is 5.66. The van der Waals surface area contributed by atoms with Crippen molar-refractivity contribution in [2.45, 2.75) is 19.8 Å². The van der Waals surface area contributed by atoms with Gasteiger partial charge in [0.15, 0.2) is 11.6 Å². The molecule has 0 aliphatic carbocycles. The van der Waals surface area contributed by atoms with E-state index < -0.39 is 11.7 Å². The summed E-state index contributed by atoms with van der Waals surface area (Å²) in [7, 11) is 1.35. The van der Waals surface area contributed by atoms with E-state index in [0.29, 0.717) is 12.1 Å². The molecule has 0 aromatic heterocycles. The van der Waals surface area contributed by atoms with Gasteiger partial charge in [-0.3, -0.25) is 4.79 Å². The van der Waals surface area contributed by atoms with Gasteiger partial charge in [0, 0.05) is 11.8 Å². The number of methoxy groups -OCH3 is 1. The van der Waals surface area contributed by atoms with Crippen molar-refractivity contribution in [2.75, 3.05) is 12.4 Å². The molecule has 1 amide bonds. The van der Waals surface area contributed by atoms with Gasteiger partial charge in [0.1, 0.15) is 5.92 Å². The molecule has 0 radical (unpaired) electrons. The second kappa shape index (κ2) is 6.60. The van der Waals surface area contributed by atoms with E-state index in [1.807, 2.05) is 13.0 Å². The van der Waals surface area contributed by atoms with E-state index >= 15 is 0 Å². The van der Waals surface area contributed by atoms with Crippen molar-refractivity contribution in [3.63, 3.8) is 0 Å². The molecular formula is C13H15FN2O2. The Kier molecular flexibility index (Phi) is 5.12. The molecular weight excluding hydrogens is 235 g/mol. The highest BCUT2D eigenvalue weighted by molar-refractivity contribution is 5.94. The quantitative estimate of drug-likeness (QED) is 0.873. The topological polar surface area (TPSA) is 62.1 Å². The van der Waals surface area contributed by atoms with Crippen molar-refractivity contribution >= 4 is 11.6 Å². The predicted molar refractivity (Wildman–Crippen MR) is 65.6 cm³/mol. The van der Waals surface area contributed by atoms with E-state index in [-0.39, 0.29) is 11.7 Å². The number of carbonyl (C=O) groups excluding carboxylic acids is 1. The second-order valence-electron chi connectivity index (χ2n) is 3.81. The standard InChI is InChI=1S/C13H15FN2O2/c1-3-4-9(8-15)13(17)16-10-5-6-11(14)12(7-10)18-2/h5-7,9H,3-4H2,1-2H3,(H,16,17). The normalized spacial score (nSPS) is 11.4. The minimum absolute atomic E-state index is 0.0526. The Morgan fingerprint density at radius 2 is 2.33 bits per heavy atom. The van der Waals surface area contributed by atoms with Gasteiger partial charge in [-0.25, -0.2) is 4.39 Å². The average molecular weight is 250 g/mol. The molecule has 0 bridgehead atoms. The van der Waals surface area contributed by atoms with Crippen LogP contribution in [-0.2, 0) is 4.79 Å². The predicted octanol–water partition coefficient (Wildman–Crippen LogP) is 2.71. The summed E-state index contributed by atoms with van der Waals surface area (Å²) in [6.45, 7) is 1.90. The summed E-state index contributed by atoms with van der Waals surface area (Å²) in [5.74, 6) is -1.52. The molecule has 0 saturated heterocycles. The molecule has 0 saturated carbocycles. The van der Waals surface area contributed by atoms with Crippen LogP contribution in [0.25, 0.3) is 0 Å². The van der Waals surface area contributed by atoms with Crippen molar-refractivity contribution in [3.05, 3.63) is 24.0 Å². The summed E-state index contributed by atoms with van der Waals surface area (Å²) < 4.78 is 18.0. The second-order valence-corrected chi connectivity index (χ2v) is 3.81. The number of carbonyl (C=O) groups is 1. The lowest BCUT2D eigenvalue weighted by Gasteiger charge is -2.10. The number of nitrogens with one attached hydrogen (secondary N) is 1. The van der Waals surface area contributed by atoms with Crippen LogP contribution >= 0.6 is 0 Å². The largest absolute Gasteiger partial charge is 0.494 e. The molecule has 1 unspecified atom stereocenters. The van der Waals surface area contributed by atoms with Crippen LogP contribution in [0.15, 0.2) is 18.2 Å². The third kappa shape index (κ3) is 3.45. The van der Waals surface area contributed by atoms with Crippen LogP contribution in [0.3, 0.4) is 0 Å². The molecule has 0 aliphatic rings. The summed E-state index contributed by atoms with van der Waals surface area (Å²) in [4.78, 5) is 11.7. The van der Waals surface area contributed by atoms with E-state index in [9.17, 15) is 9.18 Å². The van der Waals surface area contributed by atoms with Crippen LogP contribution in [0.4, 0.5) is 10.1 Å². The van der Waals surface area contributed by atoms with Crippen LogP contribution in [0.5, 0.6) is 5.75 Å². The van der Waals surface area contributed by atoms with Gasteiger partial charge in [-0.1, -0.05) is 13.3 Å². The number of amides is 1. The SMILES string of the molecule is CCCC(C#N)C(=O)Nc1ccc(F)c(OC)c1. The molecule has 0 fully saturated rings. The summed E-state index contributed by atoms with van der Waals surface area (Å²) in [6.07, 6.45) is 1.25. The monoisotopic (exact) mass is 250 g/mol. The molecule has 0 spiro atoms. The molecule has 1 atom stereocenters. The molecule has 5 heteroatoms. The summed E-state index contributed by atoms with van der Waals surface area (Å²) in [5, 5.41) is 11.4. The van der Waals surface area contributed by atoms with Gasteiger partial charge in [-0.15, -0.1) is 0 Å². The molecule has 96 valence electrons. The number of anilines is 1. The first kappa shape index (κ1) is 14.0. The van der Waals surface area contributed by atoms with Gasteiger partial charge in [-0.05, 0) is 18.6 Å². The Hall–Kier alpha value is -2.09. The smallest absolute Gasteiger partial charge is 0.241 e. The third-order valence-electron chi connectivity index (χ3n) is 2.47. The lowest BCUT2D eigenvalue weighted by molar-refractivity contribution is -0.118. The maximum Gasteiger partial charge on any atom is 0.241 e. The van der Waals surface area contributed by atoms with Gasteiger partial charge < -0.3 is 10.1 Å². The Morgan fingerprint density at radius 3 is 2.89 bits per heavy atom. The first-order chi connectivity index (χ1) is 8.62. The zero-order valence-electron chi connectivity index (χ0n) is 10.4. The maximum atomic E-state index is 13.2. The Labute approximate surface area is 105 Å². The van der Waals surface area contributed by atoms with Crippen LogP contribution in [0.1, 0.15) is 19.8 Å². The number of nitrogens with zero attached hydrogens (tertiary/aromatic N) is 1. The van der Waals surface area contributed by atoms with Gasteiger partial charge in [0.25, 0.3) is 0 Å². The lowest BCUT2D eigenvalue weighted by atomic mass is 10.0. The fraction of sp³-hybridized carbons (Fsp3) is 0.385. The Bertz CT molecular complexity index is 469. The first-order valence-electron chi connectivity index (χ1n) is 5.66. The maximum absolute atomic E-state index is 13.2. The molecule has 1 aromatic rings. The fourth-order valence-corrected chi connectivity index (χ4v) is 1.51. The number of rotatable bonds is 5. The Morgan fingerprint density at radius 1 is 1.61 bits per heavy atom. The minimum Gasteiger partial charge on any atom is -0.494 e. The number of ether oxygens (including phenoxy) is 1. The number of halogens is 1. The van der Waals surface area contributed by atoms with Crippen LogP contribution in [0.2, 0.25) is 0 Å². The highest BCUT2D eigenvalue weighted by Gasteiger charge is 2.17. The van der Waals surface area contributed by atoms with Crippen molar-refractivity contribution < 1.29 is 13.9 Å². The van der Waals surface area contributed by atoms with E-state index in [4.69, 9.17) is 10.00 Å². The number of benzene rings is 1. The van der Waals surface area contributed by atoms with Crippen molar-refractivity contribution in [2.24, 2.45) is 5.92 Å². The zero-order chi connectivity index (χ0) is 13.5. The highest BCUT2D eigenvalue weighted by atomic mass is 19.1. The van der Waals surface area contributed by atoms with Crippen molar-refractivity contribution in [1.29, 1.82) is 5.26 Å².